The lowest BCUT2D eigenvalue weighted by Gasteiger charge is -2.26. The van der Waals surface area contributed by atoms with Crippen molar-refractivity contribution >= 4 is 5.82 Å². The van der Waals surface area contributed by atoms with Crippen LogP contribution in [0, 0.1) is 0 Å². The lowest BCUT2D eigenvalue weighted by atomic mass is 10.1. The number of hydrogen-bond donors (Lipinski definition) is 1. The second-order valence-electron chi connectivity index (χ2n) is 7.06. The average Bonchev–Trinajstić information content (AvgIpc) is 3.23. The first-order valence-electron chi connectivity index (χ1n) is 9.27. The highest BCUT2D eigenvalue weighted by molar-refractivity contribution is 5.57. The third-order valence-electron chi connectivity index (χ3n) is 5.27. The summed E-state index contributed by atoms with van der Waals surface area (Å²) in [6.07, 6.45) is 1.17. The van der Waals surface area contributed by atoms with Crippen LogP contribution >= 0.6 is 0 Å². The number of aromatic nitrogens is 2. The molecule has 0 bridgehead atoms. The van der Waals surface area contributed by atoms with Gasteiger partial charge < -0.3 is 10.2 Å². The number of alkyl halides is 3. The molecule has 0 radical (unpaired) electrons. The molecule has 1 fully saturated rings. The highest BCUT2D eigenvalue weighted by Gasteiger charge is 2.31. The molecule has 4 rings (SSSR count). The zero-order valence-electron chi connectivity index (χ0n) is 14.6. The molecular formula is C19H23F3N4. The summed E-state index contributed by atoms with van der Waals surface area (Å²) in [6.45, 7) is 4.04. The summed E-state index contributed by atoms with van der Waals surface area (Å²) in [6, 6.07) is 5.38. The Kier molecular flexibility index (Phi) is 4.65. The van der Waals surface area contributed by atoms with Crippen LogP contribution < -0.4 is 5.32 Å². The monoisotopic (exact) mass is 364 g/mol. The second-order valence-corrected chi connectivity index (χ2v) is 7.06. The molecule has 1 aromatic heterocycles. The minimum Gasteiger partial charge on any atom is -0.369 e. The van der Waals surface area contributed by atoms with Crippen molar-refractivity contribution < 1.29 is 13.2 Å². The molecule has 0 amide bonds. The summed E-state index contributed by atoms with van der Waals surface area (Å²) in [5.41, 5.74) is 1.97. The molecule has 1 saturated heterocycles. The fraction of sp³-hybridized carbons (Fsp3) is 0.526. The summed E-state index contributed by atoms with van der Waals surface area (Å²) in [5.74, 6) is 0.845. The summed E-state index contributed by atoms with van der Waals surface area (Å²) >= 11 is 0. The van der Waals surface area contributed by atoms with Crippen molar-refractivity contribution in [2.24, 2.45) is 0 Å². The van der Waals surface area contributed by atoms with Gasteiger partial charge in [0.1, 0.15) is 5.82 Å². The number of piperidine rings is 1. The number of fused-ring (bicyclic) bond motifs is 1. The van der Waals surface area contributed by atoms with E-state index in [2.05, 4.69) is 15.3 Å². The Bertz CT molecular complexity index is 776. The SMILES string of the molecule is FC(F)(F)c1cccc(-n2nc(CCN3CCCCC3)c3c2NCC3)c1. The van der Waals surface area contributed by atoms with Gasteiger partial charge in [-0.2, -0.15) is 18.3 Å². The van der Waals surface area contributed by atoms with Gasteiger partial charge in [0.05, 0.1) is 16.9 Å². The van der Waals surface area contributed by atoms with E-state index in [0.717, 1.165) is 62.2 Å². The first-order valence-corrected chi connectivity index (χ1v) is 9.27. The van der Waals surface area contributed by atoms with E-state index in [9.17, 15) is 13.2 Å². The van der Waals surface area contributed by atoms with Crippen molar-refractivity contribution in [2.45, 2.75) is 38.3 Å². The van der Waals surface area contributed by atoms with Crippen LogP contribution in [0.3, 0.4) is 0 Å². The fourth-order valence-corrected chi connectivity index (χ4v) is 3.89. The maximum atomic E-state index is 13.0. The molecule has 1 aromatic carbocycles. The van der Waals surface area contributed by atoms with Crippen molar-refractivity contribution in [1.29, 1.82) is 0 Å². The van der Waals surface area contributed by atoms with Crippen molar-refractivity contribution in [2.75, 3.05) is 31.5 Å². The molecule has 140 valence electrons. The van der Waals surface area contributed by atoms with E-state index < -0.39 is 11.7 Å². The van der Waals surface area contributed by atoms with Crippen LogP contribution in [-0.4, -0.2) is 40.9 Å². The smallest absolute Gasteiger partial charge is 0.369 e. The van der Waals surface area contributed by atoms with E-state index in [1.165, 1.54) is 31.4 Å². The molecule has 0 unspecified atom stereocenters. The molecule has 0 saturated carbocycles. The summed E-state index contributed by atoms with van der Waals surface area (Å²) in [7, 11) is 0. The molecule has 0 aliphatic carbocycles. The van der Waals surface area contributed by atoms with Gasteiger partial charge in [-0.15, -0.1) is 0 Å². The first kappa shape index (κ1) is 17.4. The van der Waals surface area contributed by atoms with Crippen molar-refractivity contribution in [3.05, 3.63) is 41.1 Å². The Morgan fingerprint density at radius 1 is 1.12 bits per heavy atom. The molecule has 7 heteroatoms. The van der Waals surface area contributed by atoms with Crippen LogP contribution in [0.2, 0.25) is 0 Å². The number of hydrogen-bond acceptors (Lipinski definition) is 3. The van der Waals surface area contributed by atoms with Gasteiger partial charge in [0.15, 0.2) is 0 Å². The maximum Gasteiger partial charge on any atom is 0.416 e. The molecule has 26 heavy (non-hydrogen) atoms. The first-order chi connectivity index (χ1) is 12.5. The van der Waals surface area contributed by atoms with E-state index in [1.54, 1.807) is 10.7 Å². The van der Waals surface area contributed by atoms with Gasteiger partial charge in [-0.25, -0.2) is 4.68 Å². The largest absolute Gasteiger partial charge is 0.416 e. The Hall–Kier alpha value is -2.02. The zero-order chi connectivity index (χ0) is 18.1. The molecule has 3 heterocycles. The topological polar surface area (TPSA) is 33.1 Å². The van der Waals surface area contributed by atoms with Gasteiger partial charge in [-0.3, -0.25) is 0 Å². The van der Waals surface area contributed by atoms with Crippen LogP contribution in [-0.2, 0) is 19.0 Å². The van der Waals surface area contributed by atoms with E-state index in [4.69, 9.17) is 0 Å². The highest BCUT2D eigenvalue weighted by Crippen LogP contribution is 2.33. The third kappa shape index (κ3) is 3.45. The lowest BCUT2D eigenvalue weighted by Crippen LogP contribution is -2.31. The van der Waals surface area contributed by atoms with Crippen molar-refractivity contribution in [3.8, 4) is 5.69 Å². The summed E-state index contributed by atoms with van der Waals surface area (Å²) in [5, 5.41) is 7.96. The Morgan fingerprint density at radius 3 is 2.69 bits per heavy atom. The van der Waals surface area contributed by atoms with Crippen LogP contribution in [0.25, 0.3) is 5.69 Å². The third-order valence-corrected chi connectivity index (χ3v) is 5.27. The van der Waals surface area contributed by atoms with Crippen LogP contribution in [0.1, 0.15) is 36.1 Å². The summed E-state index contributed by atoms with van der Waals surface area (Å²) in [4.78, 5) is 2.46. The van der Waals surface area contributed by atoms with E-state index in [0.29, 0.717) is 5.69 Å². The predicted octanol–water partition coefficient (Wildman–Crippen LogP) is 3.89. The number of nitrogens with zero attached hydrogens (tertiary/aromatic N) is 3. The molecule has 1 N–H and O–H groups in total. The Labute approximate surface area is 151 Å². The van der Waals surface area contributed by atoms with E-state index >= 15 is 0 Å². The van der Waals surface area contributed by atoms with Gasteiger partial charge in [0, 0.05) is 25.1 Å². The van der Waals surface area contributed by atoms with Gasteiger partial charge in [-0.05, 0) is 50.6 Å². The predicted molar refractivity (Wildman–Crippen MR) is 94.8 cm³/mol. The second kappa shape index (κ2) is 6.95. The van der Waals surface area contributed by atoms with Crippen LogP contribution in [0.15, 0.2) is 24.3 Å². The molecule has 2 aromatic rings. The molecule has 0 atom stereocenters. The molecule has 2 aliphatic rings. The molecule has 4 nitrogen and oxygen atoms in total. The molecule has 0 spiro atoms. The van der Waals surface area contributed by atoms with Crippen LogP contribution in [0.4, 0.5) is 19.0 Å². The maximum absolute atomic E-state index is 13.0. The number of anilines is 1. The lowest BCUT2D eigenvalue weighted by molar-refractivity contribution is -0.137. The van der Waals surface area contributed by atoms with Gasteiger partial charge >= 0.3 is 6.18 Å². The standard InChI is InChI=1S/C19H23F3N4/c20-19(21,22)14-5-4-6-15(13-14)26-18-16(7-9-23-18)17(24-26)8-12-25-10-2-1-3-11-25/h4-6,13,23H,1-3,7-12H2. The zero-order valence-corrected chi connectivity index (χ0v) is 14.6. The fourth-order valence-electron chi connectivity index (χ4n) is 3.89. The van der Waals surface area contributed by atoms with Crippen molar-refractivity contribution in [1.82, 2.24) is 14.7 Å². The summed E-state index contributed by atoms with van der Waals surface area (Å²) < 4.78 is 40.8. The quantitative estimate of drug-likeness (QED) is 0.894. The number of likely N-dealkylation sites (tertiary alicyclic amines) is 1. The van der Waals surface area contributed by atoms with E-state index in [1.807, 2.05) is 0 Å². The molecular weight excluding hydrogens is 341 g/mol. The Morgan fingerprint density at radius 2 is 1.92 bits per heavy atom. The normalized spacial score (nSPS) is 18.0. The molecule has 2 aliphatic heterocycles. The minimum absolute atomic E-state index is 0.453. The highest BCUT2D eigenvalue weighted by atomic mass is 19.4. The van der Waals surface area contributed by atoms with Gasteiger partial charge in [-0.1, -0.05) is 12.5 Å². The number of rotatable bonds is 4. The average molecular weight is 364 g/mol. The minimum atomic E-state index is -4.35. The van der Waals surface area contributed by atoms with Crippen LogP contribution in [0.5, 0.6) is 0 Å². The Balaban J connectivity index is 1.60. The van der Waals surface area contributed by atoms with Crippen molar-refractivity contribution in [3.63, 3.8) is 0 Å². The van der Waals surface area contributed by atoms with E-state index in [-0.39, 0.29) is 0 Å². The van der Waals surface area contributed by atoms with Gasteiger partial charge in [0.2, 0.25) is 0 Å². The van der Waals surface area contributed by atoms with Gasteiger partial charge in [0.25, 0.3) is 0 Å². The number of nitrogens with one attached hydrogen (secondary N) is 1. The number of benzene rings is 1. The number of halogens is 3.